The average Bonchev–Trinajstić information content (AvgIpc) is 2.63. The molecule has 0 fully saturated rings. The van der Waals surface area contributed by atoms with Crippen LogP contribution in [0.1, 0.15) is 31.5 Å². The second-order valence-electron chi connectivity index (χ2n) is 3.79. The topological polar surface area (TPSA) is 34.1 Å². The highest BCUT2D eigenvalue weighted by atomic mass is 32.1. The van der Waals surface area contributed by atoms with Crippen LogP contribution in [0.5, 0.6) is 0 Å². The van der Waals surface area contributed by atoms with E-state index >= 15 is 0 Å². The third kappa shape index (κ3) is 3.26. The number of hydrogen-bond acceptors (Lipinski definition) is 4. The maximum atomic E-state index is 5.52. The first-order valence-electron chi connectivity index (χ1n) is 5.37. The maximum Gasteiger partial charge on any atom is 0.115 e. The fraction of sp³-hybridized carbons (Fsp3) is 0.727. The van der Waals surface area contributed by atoms with Crippen molar-refractivity contribution in [2.75, 3.05) is 19.8 Å². The van der Waals surface area contributed by atoms with Crippen molar-refractivity contribution in [2.45, 2.75) is 33.2 Å². The fourth-order valence-electron chi connectivity index (χ4n) is 1.49. The molecule has 1 aromatic rings. The van der Waals surface area contributed by atoms with Crippen LogP contribution >= 0.6 is 11.3 Å². The molecule has 0 radical (unpaired) electrons. The van der Waals surface area contributed by atoms with Gasteiger partial charge in [0, 0.05) is 17.7 Å². The highest BCUT2D eigenvalue weighted by Gasteiger charge is 2.28. The van der Waals surface area contributed by atoms with E-state index in [4.69, 9.17) is 4.74 Å². The molecule has 0 spiro atoms. The summed E-state index contributed by atoms with van der Waals surface area (Å²) >= 11 is 1.69. The smallest absolute Gasteiger partial charge is 0.115 e. The molecule has 0 aromatic carbocycles. The molecule has 86 valence electrons. The van der Waals surface area contributed by atoms with Gasteiger partial charge in [-0.05, 0) is 27.3 Å². The molecule has 0 saturated carbocycles. The molecule has 1 aromatic heterocycles. The summed E-state index contributed by atoms with van der Waals surface area (Å²) in [5, 5.41) is 6.63. The summed E-state index contributed by atoms with van der Waals surface area (Å²) in [6.45, 7) is 10.6. The molecule has 3 nitrogen and oxygen atoms in total. The summed E-state index contributed by atoms with van der Waals surface area (Å²) in [6.07, 6.45) is 0. The Morgan fingerprint density at radius 3 is 2.73 bits per heavy atom. The highest BCUT2D eigenvalue weighted by molar-refractivity contribution is 7.09. The monoisotopic (exact) mass is 228 g/mol. The minimum absolute atomic E-state index is 0.149. The highest BCUT2D eigenvalue weighted by Crippen LogP contribution is 2.24. The van der Waals surface area contributed by atoms with Gasteiger partial charge in [-0.1, -0.05) is 6.92 Å². The largest absolute Gasteiger partial charge is 0.379 e. The minimum atomic E-state index is -0.149. The summed E-state index contributed by atoms with van der Waals surface area (Å²) in [4.78, 5) is 4.53. The molecule has 1 unspecified atom stereocenters. The van der Waals surface area contributed by atoms with Gasteiger partial charge in [-0.25, -0.2) is 4.98 Å². The molecule has 0 aliphatic rings. The Morgan fingerprint density at radius 2 is 2.27 bits per heavy atom. The van der Waals surface area contributed by atoms with Gasteiger partial charge in [0.25, 0.3) is 0 Å². The number of nitrogens with zero attached hydrogens (tertiary/aromatic N) is 1. The Hall–Kier alpha value is -0.450. The predicted octanol–water partition coefficient (Wildman–Crippen LogP) is 2.31. The Labute approximate surface area is 95.9 Å². The maximum absolute atomic E-state index is 5.52. The summed E-state index contributed by atoms with van der Waals surface area (Å²) < 4.78 is 5.52. The van der Waals surface area contributed by atoms with Crippen LogP contribution in [0.2, 0.25) is 0 Å². The van der Waals surface area contributed by atoms with Crippen molar-refractivity contribution >= 4 is 11.3 Å². The van der Waals surface area contributed by atoms with E-state index < -0.39 is 0 Å². The van der Waals surface area contributed by atoms with E-state index in [2.05, 4.69) is 29.5 Å². The van der Waals surface area contributed by atoms with E-state index in [1.54, 1.807) is 11.3 Å². The first-order chi connectivity index (χ1) is 7.12. The summed E-state index contributed by atoms with van der Waals surface area (Å²) in [5.74, 6) is 0. The zero-order valence-electron chi connectivity index (χ0n) is 9.96. The second-order valence-corrected chi connectivity index (χ2v) is 4.65. The lowest BCUT2D eigenvalue weighted by Crippen LogP contribution is -2.43. The van der Waals surface area contributed by atoms with E-state index in [0.29, 0.717) is 6.61 Å². The van der Waals surface area contributed by atoms with Crippen LogP contribution in [-0.4, -0.2) is 24.7 Å². The number of thiazole rings is 1. The van der Waals surface area contributed by atoms with Gasteiger partial charge in [-0.2, -0.15) is 0 Å². The van der Waals surface area contributed by atoms with E-state index in [1.165, 1.54) is 0 Å². The van der Waals surface area contributed by atoms with Crippen molar-refractivity contribution in [3.05, 3.63) is 16.1 Å². The van der Waals surface area contributed by atoms with Crippen LogP contribution in [0.25, 0.3) is 0 Å². The van der Waals surface area contributed by atoms with Crippen molar-refractivity contribution in [3.8, 4) is 0 Å². The molecule has 1 atom stereocenters. The van der Waals surface area contributed by atoms with E-state index in [9.17, 15) is 0 Å². The molecular weight excluding hydrogens is 208 g/mol. The zero-order valence-corrected chi connectivity index (χ0v) is 10.8. The fourth-order valence-corrected chi connectivity index (χ4v) is 2.41. The van der Waals surface area contributed by atoms with Crippen molar-refractivity contribution in [2.24, 2.45) is 0 Å². The zero-order chi connectivity index (χ0) is 11.3. The molecule has 0 amide bonds. The number of nitrogens with one attached hydrogen (secondary N) is 1. The SMILES string of the molecule is CCNC(C)(COCC)c1nc(C)cs1. The lowest BCUT2D eigenvalue weighted by atomic mass is 10.1. The number of ether oxygens (including phenoxy) is 1. The van der Waals surface area contributed by atoms with Crippen LogP contribution in [0, 0.1) is 6.92 Å². The van der Waals surface area contributed by atoms with Gasteiger partial charge in [0.05, 0.1) is 12.1 Å². The third-order valence-corrected chi connectivity index (χ3v) is 3.48. The van der Waals surface area contributed by atoms with Gasteiger partial charge in [0.1, 0.15) is 5.01 Å². The molecule has 1 N–H and O–H groups in total. The molecule has 1 rings (SSSR count). The second kappa shape index (κ2) is 5.58. The van der Waals surface area contributed by atoms with Gasteiger partial charge in [0.15, 0.2) is 0 Å². The Balaban J connectivity index is 2.79. The molecular formula is C11H20N2OS. The van der Waals surface area contributed by atoms with Crippen molar-refractivity contribution < 1.29 is 4.74 Å². The van der Waals surface area contributed by atoms with Crippen molar-refractivity contribution in [1.82, 2.24) is 10.3 Å². The number of aryl methyl sites for hydroxylation is 1. The quantitative estimate of drug-likeness (QED) is 0.811. The number of rotatable bonds is 6. The van der Waals surface area contributed by atoms with Gasteiger partial charge in [-0.15, -0.1) is 11.3 Å². The first kappa shape index (κ1) is 12.6. The molecule has 15 heavy (non-hydrogen) atoms. The summed E-state index contributed by atoms with van der Waals surface area (Å²) in [6, 6.07) is 0. The van der Waals surface area contributed by atoms with Crippen LogP contribution in [0.15, 0.2) is 5.38 Å². The molecule has 4 heteroatoms. The molecule has 0 aliphatic heterocycles. The molecule has 0 bridgehead atoms. The standard InChI is InChI=1S/C11H20N2OS/c1-5-12-11(4,8-14-6-2)10-13-9(3)7-15-10/h7,12H,5-6,8H2,1-4H3. The number of hydrogen-bond donors (Lipinski definition) is 1. The van der Waals surface area contributed by atoms with Crippen LogP contribution in [0.3, 0.4) is 0 Å². The molecule has 0 saturated heterocycles. The Morgan fingerprint density at radius 1 is 1.53 bits per heavy atom. The molecule has 0 aliphatic carbocycles. The average molecular weight is 228 g/mol. The Bertz CT molecular complexity index is 301. The predicted molar refractivity (Wildman–Crippen MR) is 64.4 cm³/mol. The normalized spacial score (nSPS) is 15.2. The Kier molecular flexibility index (Phi) is 4.70. The van der Waals surface area contributed by atoms with Crippen LogP contribution in [-0.2, 0) is 10.3 Å². The van der Waals surface area contributed by atoms with Crippen LogP contribution < -0.4 is 5.32 Å². The van der Waals surface area contributed by atoms with E-state index in [1.807, 2.05) is 13.8 Å². The lowest BCUT2D eigenvalue weighted by Gasteiger charge is -2.27. The van der Waals surface area contributed by atoms with Crippen molar-refractivity contribution in [3.63, 3.8) is 0 Å². The summed E-state index contributed by atoms with van der Waals surface area (Å²) in [5.41, 5.74) is 0.930. The lowest BCUT2D eigenvalue weighted by molar-refractivity contribution is 0.0839. The van der Waals surface area contributed by atoms with Gasteiger partial charge >= 0.3 is 0 Å². The minimum Gasteiger partial charge on any atom is -0.379 e. The van der Waals surface area contributed by atoms with Gasteiger partial charge in [-0.3, -0.25) is 0 Å². The number of likely N-dealkylation sites (N-methyl/N-ethyl adjacent to an activating group) is 1. The van der Waals surface area contributed by atoms with E-state index in [-0.39, 0.29) is 5.54 Å². The van der Waals surface area contributed by atoms with Crippen molar-refractivity contribution in [1.29, 1.82) is 0 Å². The van der Waals surface area contributed by atoms with Gasteiger partial charge < -0.3 is 10.1 Å². The number of aromatic nitrogens is 1. The third-order valence-electron chi connectivity index (χ3n) is 2.25. The van der Waals surface area contributed by atoms with Crippen LogP contribution in [0.4, 0.5) is 0 Å². The van der Waals surface area contributed by atoms with E-state index in [0.717, 1.165) is 23.9 Å². The molecule has 1 heterocycles. The van der Waals surface area contributed by atoms with Gasteiger partial charge in [0.2, 0.25) is 0 Å². The first-order valence-corrected chi connectivity index (χ1v) is 6.25. The summed E-state index contributed by atoms with van der Waals surface area (Å²) in [7, 11) is 0.